The quantitative estimate of drug-likeness (QED) is 0.312. The minimum atomic E-state index is -0.602. The van der Waals surface area contributed by atoms with Crippen molar-refractivity contribution >= 4 is 5.97 Å². The lowest BCUT2D eigenvalue weighted by atomic mass is 10.0. The highest BCUT2D eigenvalue weighted by Crippen LogP contribution is 2.24. The minimum absolute atomic E-state index is 0.429. The molecule has 0 radical (unpaired) electrons. The summed E-state index contributed by atoms with van der Waals surface area (Å²) in [6.07, 6.45) is 0.471. The molecule has 0 aromatic heterocycles. The lowest BCUT2D eigenvalue weighted by molar-refractivity contribution is -0.137. The van der Waals surface area contributed by atoms with E-state index in [2.05, 4.69) is 10.5 Å². The second-order valence-corrected chi connectivity index (χ2v) is 3.01. The zero-order chi connectivity index (χ0) is 12.0. The van der Waals surface area contributed by atoms with Crippen molar-refractivity contribution in [1.82, 2.24) is 5.43 Å². The molecule has 1 atom stereocenters. The number of aliphatic hydroxyl groups is 1. The molecule has 0 saturated heterocycles. The van der Waals surface area contributed by atoms with Crippen LogP contribution in [0.25, 0.3) is 5.08 Å². The molecule has 1 aromatic carbocycles. The van der Waals surface area contributed by atoms with Gasteiger partial charge in [-0.1, -0.05) is 18.2 Å². The SMILES string of the molecule is CO.N#[N+]NC1Cc2ccccc2OC1=O. The van der Waals surface area contributed by atoms with E-state index in [0.29, 0.717) is 12.2 Å². The van der Waals surface area contributed by atoms with Crippen molar-refractivity contribution in [3.05, 3.63) is 34.9 Å². The standard InChI is InChI=1S/C9H8N3O2.CH4O/c10-12-11-7-5-6-3-1-2-4-8(6)14-9(7)13;1-2/h1-4,7,11H,5H2;2H,1H3/q+1;. The first-order valence-corrected chi connectivity index (χ1v) is 4.65. The zero-order valence-electron chi connectivity index (χ0n) is 8.75. The normalized spacial score (nSPS) is 17.1. The molecule has 2 N–H and O–H groups in total. The van der Waals surface area contributed by atoms with Crippen LogP contribution in [-0.4, -0.2) is 24.2 Å². The predicted molar refractivity (Wildman–Crippen MR) is 55.9 cm³/mol. The number of hydrogen-bond donors (Lipinski definition) is 2. The van der Waals surface area contributed by atoms with Gasteiger partial charge >= 0.3 is 11.1 Å². The molecule has 84 valence electrons. The molecular weight excluding hydrogens is 210 g/mol. The summed E-state index contributed by atoms with van der Waals surface area (Å²) in [5, 5.41) is 18.0. The van der Waals surface area contributed by atoms with E-state index in [-0.39, 0.29) is 0 Å². The van der Waals surface area contributed by atoms with Crippen LogP contribution >= 0.6 is 0 Å². The van der Waals surface area contributed by atoms with E-state index in [9.17, 15) is 4.79 Å². The van der Waals surface area contributed by atoms with Gasteiger partial charge in [-0.05, 0) is 17.1 Å². The summed E-state index contributed by atoms with van der Waals surface area (Å²) in [6.45, 7) is 0. The molecule has 1 aromatic rings. The van der Waals surface area contributed by atoms with Gasteiger partial charge in [0.25, 0.3) is 5.39 Å². The fourth-order valence-corrected chi connectivity index (χ4v) is 1.42. The Balaban J connectivity index is 0.000000606. The average Bonchev–Trinajstić information content (AvgIpc) is 2.33. The van der Waals surface area contributed by atoms with Crippen molar-refractivity contribution in [2.24, 2.45) is 0 Å². The van der Waals surface area contributed by atoms with Crippen LogP contribution in [0.2, 0.25) is 0 Å². The summed E-state index contributed by atoms with van der Waals surface area (Å²) in [5.41, 5.74) is 3.21. The topological polar surface area (TPSA) is 86.7 Å². The van der Waals surface area contributed by atoms with Crippen molar-refractivity contribution in [1.29, 1.82) is 5.39 Å². The summed E-state index contributed by atoms with van der Waals surface area (Å²) >= 11 is 0. The first kappa shape index (κ1) is 11.9. The number of nitrogens with one attached hydrogen (secondary N) is 1. The van der Waals surface area contributed by atoms with E-state index in [1.807, 2.05) is 12.1 Å². The second-order valence-electron chi connectivity index (χ2n) is 3.01. The number of aliphatic hydroxyl groups excluding tert-OH is 1. The molecule has 2 rings (SSSR count). The van der Waals surface area contributed by atoms with E-state index in [0.717, 1.165) is 12.7 Å². The van der Waals surface area contributed by atoms with Crippen LogP contribution in [-0.2, 0) is 11.2 Å². The van der Waals surface area contributed by atoms with Crippen LogP contribution in [0.5, 0.6) is 5.75 Å². The van der Waals surface area contributed by atoms with Gasteiger partial charge in [-0.3, -0.25) is 0 Å². The molecule has 0 amide bonds. The monoisotopic (exact) mass is 222 g/mol. The zero-order valence-corrected chi connectivity index (χ0v) is 8.75. The first-order chi connectivity index (χ1) is 7.81. The number of fused-ring (bicyclic) bond motifs is 1. The molecule has 0 spiro atoms. The Bertz CT molecular complexity index is 414. The highest BCUT2D eigenvalue weighted by Gasteiger charge is 2.31. The van der Waals surface area contributed by atoms with Crippen molar-refractivity contribution in [3.63, 3.8) is 0 Å². The third-order valence-electron chi connectivity index (χ3n) is 2.11. The Morgan fingerprint density at radius 2 is 2.19 bits per heavy atom. The molecule has 1 aliphatic heterocycles. The second kappa shape index (κ2) is 5.68. The molecule has 0 fully saturated rings. The maximum absolute atomic E-state index is 11.3. The molecule has 6 heteroatoms. The fraction of sp³-hybridized carbons (Fsp3) is 0.300. The number of esters is 1. The highest BCUT2D eigenvalue weighted by atomic mass is 16.5. The van der Waals surface area contributed by atoms with Gasteiger partial charge in [0.2, 0.25) is 6.04 Å². The van der Waals surface area contributed by atoms with Crippen LogP contribution < -0.4 is 10.2 Å². The number of rotatable bonds is 1. The lowest BCUT2D eigenvalue weighted by Crippen LogP contribution is -2.40. The Labute approximate surface area is 92.4 Å². The molecule has 0 saturated carbocycles. The molecule has 1 aliphatic rings. The number of carbonyl (C=O) groups is 1. The van der Waals surface area contributed by atoms with Gasteiger partial charge in [-0.25, -0.2) is 4.79 Å². The van der Waals surface area contributed by atoms with E-state index in [1.54, 1.807) is 12.1 Å². The molecule has 1 unspecified atom stereocenters. The van der Waals surface area contributed by atoms with Crippen LogP contribution in [0.3, 0.4) is 0 Å². The fourth-order valence-electron chi connectivity index (χ4n) is 1.42. The van der Waals surface area contributed by atoms with Crippen molar-refractivity contribution < 1.29 is 14.6 Å². The van der Waals surface area contributed by atoms with Crippen LogP contribution in [0.1, 0.15) is 5.56 Å². The molecule has 0 bridgehead atoms. The summed E-state index contributed by atoms with van der Waals surface area (Å²) in [7, 11) is 1.00. The summed E-state index contributed by atoms with van der Waals surface area (Å²) in [5.74, 6) is 0.148. The molecule has 0 aliphatic carbocycles. The highest BCUT2D eigenvalue weighted by molar-refractivity contribution is 5.81. The van der Waals surface area contributed by atoms with Crippen molar-refractivity contribution in [2.75, 3.05) is 7.11 Å². The number of nitrogens with zero attached hydrogens (tertiary/aromatic N) is 2. The maximum atomic E-state index is 11.3. The smallest absolute Gasteiger partial charge is 0.341 e. The predicted octanol–water partition coefficient (Wildman–Crippen LogP) is 0.483. The van der Waals surface area contributed by atoms with Gasteiger partial charge in [0.15, 0.2) is 0 Å². The van der Waals surface area contributed by atoms with Gasteiger partial charge in [0.1, 0.15) is 5.75 Å². The Morgan fingerprint density at radius 3 is 2.88 bits per heavy atom. The number of carbonyl (C=O) groups excluding carboxylic acids is 1. The van der Waals surface area contributed by atoms with Crippen LogP contribution in [0.4, 0.5) is 0 Å². The minimum Gasteiger partial charge on any atom is -0.425 e. The number of diazo groups is 1. The number of benzene rings is 1. The van der Waals surface area contributed by atoms with E-state index in [4.69, 9.17) is 15.2 Å². The first-order valence-electron chi connectivity index (χ1n) is 4.65. The summed E-state index contributed by atoms with van der Waals surface area (Å²) in [4.78, 5) is 11.3. The Hall–Kier alpha value is -2.13. The molecular formula is C10H12N3O3+. The molecule has 1 heterocycles. The lowest BCUT2D eigenvalue weighted by Gasteiger charge is -2.18. The van der Waals surface area contributed by atoms with Gasteiger partial charge in [0, 0.05) is 13.5 Å². The third kappa shape index (κ3) is 2.46. The summed E-state index contributed by atoms with van der Waals surface area (Å²) in [6, 6.07) is 6.67. The molecule has 6 nitrogen and oxygen atoms in total. The maximum Gasteiger partial charge on any atom is 0.341 e. The van der Waals surface area contributed by atoms with E-state index < -0.39 is 12.0 Å². The van der Waals surface area contributed by atoms with Crippen molar-refractivity contribution in [2.45, 2.75) is 12.5 Å². The largest absolute Gasteiger partial charge is 0.425 e. The van der Waals surface area contributed by atoms with Gasteiger partial charge in [-0.2, -0.15) is 0 Å². The number of hydrogen-bond acceptors (Lipinski definition) is 5. The summed E-state index contributed by atoms with van der Waals surface area (Å²) < 4.78 is 5.02. The van der Waals surface area contributed by atoms with Gasteiger partial charge in [-0.15, -0.1) is 0 Å². The van der Waals surface area contributed by atoms with E-state index >= 15 is 0 Å². The Morgan fingerprint density at radius 1 is 1.50 bits per heavy atom. The number of ether oxygens (including phenoxy) is 1. The van der Waals surface area contributed by atoms with Gasteiger partial charge in [0.05, 0.1) is 0 Å². The van der Waals surface area contributed by atoms with Crippen molar-refractivity contribution in [3.8, 4) is 5.75 Å². The average molecular weight is 222 g/mol. The Kier molecular flexibility index (Phi) is 4.24. The third-order valence-corrected chi connectivity index (χ3v) is 2.11. The molecule has 16 heavy (non-hydrogen) atoms. The van der Waals surface area contributed by atoms with E-state index in [1.165, 1.54) is 0 Å². The van der Waals surface area contributed by atoms with Gasteiger partial charge < -0.3 is 9.84 Å². The van der Waals surface area contributed by atoms with Crippen LogP contribution in [0.15, 0.2) is 24.3 Å². The van der Waals surface area contributed by atoms with Crippen LogP contribution in [0, 0.1) is 5.39 Å². The number of para-hydroxylation sites is 1.